The number of methoxy groups -OCH3 is 2. The Morgan fingerprint density at radius 2 is 1.71 bits per heavy atom. The van der Waals surface area contributed by atoms with Crippen molar-refractivity contribution < 1.29 is 33.6 Å². The third-order valence-electron chi connectivity index (χ3n) is 6.77. The quantitative estimate of drug-likeness (QED) is 0.367. The summed E-state index contributed by atoms with van der Waals surface area (Å²) in [4.78, 5) is 30.3. The molecule has 184 valence electrons. The number of hydrogen-bond donors (Lipinski definition) is 1. The molecule has 3 aliphatic heterocycles. The van der Waals surface area contributed by atoms with Crippen LogP contribution >= 0.6 is 0 Å². The van der Waals surface area contributed by atoms with Crippen LogP contribution in [0, 0.1) is 0 Å². The average molecular weight is 481 g/mol. The van der Waals surface area contributed by atoms with Gasteiger partial charge in [-0.25, -0.2) is 0 Å². The molecule has 35 heavy (non-hydrogen) atoms. The topological polar surface area (TPSA) is 97.8 Å². The average Bonchev–Trinajstić information content (AvgIpc) is 3.62. The zero-order valence-corrected chi connectivity index (χ0v) is 19.8. The van der Waals surface area contributed by atoms with Crippen molar-refractivity contribution in [2.24, 2.45) is 0 Å². The number of nitrogens with zero attached hydrogens (tertiary/aromatic N) is 2. The number of carbonyl (C=O) groups is 2. The molecule has 0 aliphatic carbocycles. The Morgan fingerprint density at radius 1 is 0.971 bits per heavy atom. The van der Waals surface area contributed by atoms with Crippen LogP contribution in [-0.4, -0.2) is 73.8 Å². The van der Waals surface area contributed by atoms with E-state index in [-0.39, 0.29) is 18.1 Å². The Hall–Kier alpha value is -3.72. The van der Waals surface area contributed by atoms with Gasteiger partial charge in [-0.3, -0.25) is 9.59 Å². The predicted octanol–water partition coefficient (Wildman–Crippen LogP) is 2.95. The Morgan fingerprint density at radius 3 is 2.46 bits per heavy atom. The summed E-state index contributed by atoms with van der Waals surface area (Å²) in [5.41, 5.74) is 1.05. The Bertz CT molecular complexity index is 1190. The molecule has 1 amide bonds. The highest BCUT2D eigenvalue weighted by molar-refractivity contribution is 6.46. The summed E-state index contributed by atoms with van der Waals surface area (Å²) < 4.78 is 21.6. The van der Waals surface area contributed by atoms with Gasteiger partial charge in [-0.15, -0.1) is 0 Å². The molecule has 0 saturated carbocycles. The van der Waals surface area contributed by atoms with E-state index in [1.165, 1.54) is 14.2 Å². The molecule has 2 saturated heterocycles. The van der Waals surface area contributed by atoms with E-state index in [2.05, 4.69) is 4.90 Å². The molecule has 3 aliphatic rings. The Kier molecular flexibility index (Phi) is 6.25. The number of Topliss-reactive ketones (excluding diaryl/α,β-unsaturated/α-hetero) is 1. The summed E-state index contributed by atoms with van der Waals surface area (Å²) in [5, 5.41) is 11.3. The highest BCUT2D eigenvalue weighted by Crippen LogP contribution is 2.43. The molecule has 9 heteroatoms. The first-order valence-corrected chi connectivity index (χ1v) is 11.6. The van der Waals surface area contributed by atoms with Gasteiger partial charge in [-0.05, 0) is 61.8 Å². The summed E-state index contributed by atoms with van der Waals surface area (Å²) in [6.07, 6.45) is 2.26. The van der Waals surface area contributed by atoms with Crippen molar-refractivity contribution in [2.45, 2.75) is 18.9 Å². The van der Waals surface area contributed by atoms with Gasteiger partial charge in [0, 0.05) is 18.7 Å². The molecule has 5 rings (SSSR count). The monoisotopic (exact) mass is 480 g/mol. The van der Waals surface area contributed by atoms with E-state index < -0.39 is 17.7 Å². The van der Waals surface area contributed by atoms with E-state index in [9.17, 15) is 14.7 Å². The number of benzene rings is 2. The van der Waals surface area contributed by atoms with Crippen LogP contribution in [0.4, 0.5) is 0 Å². The number of rotatable bonds is 7. The van der Waals surface area contributed by atoms with Crippen LogP contribution in [0.5, 0.6) is 23.0 Å². The lowest BCUT2D eigenvalue weighted by molar-refractivity contribution is -0.140. The molecule has 3 heterocycles. The summed E-state index contributed by atoms with van der Waals surface area (Å²) in [6, 6.07) is 9.42. The molecule has 0 radical (unpaired) electrons. The molecule has 2 aromatic carbocycles. The molecule has 1 N–H and O–H groups in total. The number of aliphatic hydroxyl groups is 1. The van der Waals surface area contributed by atoms with Crippen molar-refractivity contribution in [1.29, 1.82) is 0 Å². The zero-order valence-electron chi connectivity index (χ0n) is 19.8. The van der Waals surface area contributed by atoms with Crippen LogP contribution in [0.3, 0.4) is 0 Å². The van der Waals surface area contributed by atoms with E-state index in [1.807, 2.05) is 0 Å². The summed E-state index contributed by atoms with van der Waals surface area (Å²) in [7, 11) is 3.01. The van der Waals surface area contributed by atoms with Crippen LogP contribution in [0.1, 0.15) is 30.0 Å². The van der Waals surface area contributed by atoms with Gasteiger partial charge in [-0.1, -0.05) is 6.07 Å². The standard InChI is InChI=1S/C26H28N2O7/c1-32-18-7-6-17(14-20(18)33-2)24(29)22-23(16-5-8-19-21(13-16)35-15-34-19)28(26(31)25(22)30)12-11-27-9-3-4-10-27/h5-8,13-14,23,29H,3-4,9-12,15H2,1-2H3/t23-/m0/s1. The smallest absolute Gasteiger partial charge is 0.295 e. The molecular weight excluding hydrogens is 452 g/mol. The van der Waals surface area contributed by atoms with Crippen molar-refractivity contribution in [3.8, 4) is 23.0 Å². The molecule has 2 fully saturated rings. The second-order valence-electron chi connectivity index (χ2n) is 8.72. The maximum Gasteiger partial charge on any atom is 0.295 e. The number of aliphatic hydroxyl groups excluding tert-OH is 1. The number of ether oxygens (including phenoxy) is 4. The first kappa shape index (κ1) is 23.0. The maximum atomic E-state index is 13.3. The third kappa shape index (κ3) is 4.16. The number of fused-ring (bicyclic) bond motifs is 1. The van der Waals surface area contributed by atoms with Crippen molar-refractivity contribution in [3.63, 3.8) is 0 Å². The van der Waals surface area contributed by atoms with Gasteiger partial charge in [0.25, 0.3) is 11.7 Å². The number of likely N-dealkylation sites (tertiary alicyclic amines) is 2. The van der Waals surface area contributed by atoms with Crippen LogP contribution in [-0.2, 0) is 9.59 Å². The highest BCUT2D eigenvalue weighted by atomic mass is 16.7. The highest BCUT2D eigenvalue weighted by Gasteiger charge is 2.46. The molecule has 2 aromatic rings. The fourth-order valence-electron chi connectivity index (χ4n) is 4.93. The molecule has 1 atom stereocenters. The minimum atomic E-state index is -0.764. The van der Waals surface area contributed by atoms with E-state index in [4.69, 9.17) is 18.9 Å². The third-order valence-corrected chi connectivity index (χ3v) is 6.77. The Balaban J connectivity index is 1.58. The number of amides is 1. The summed E-state index contributed by atoms with van der Waals surface area (Å²) in [5.74, 6) is 0.411. The maximum absolute atomic E-state index is 13.3. The van der Waals surface area contributed by atoms with Gasteiger partial charge in [0.15, 0.2) is 23.0 Å². The largest absolute Gasteiger partial charge is 0.507 e. The normalized spacial score (nSPS) is 21.1. The fraction of sp³-hybridized carbons (Fsp3) is 0.385. The zero-order chi connectivity index (χ0) is 24.5. The van der Waals surface area contributed by atoms with E-state index >= 15 is 0 Å². The molecular formula is C26H28N2O7. The van der Waals surface area contributed by atoms with E-state index in [1.54, 1.807) is 41.3 Å². The number of hydrogen-bond acceptors (Lipinski definition) is 8. The van der Waals surface area contributed by atoms with Crippen molar-refractivity contribution in [2.75, 3.05) is 47.2 Å². The van der Waals surface area contributed by atoms with Gasteiger partial charge < -0.3 is 33.9 Å². The first-order chi connectivity index (χ1) is 17.0. The predicted molar refractivity (Wildman–Crippen MR) is 127 cm³/mol. The van der Waals surface area contributed by atoms with Gasteiger partial charge in [0.2, 0.25) is 6.79 Å². The van der Waals surface area contributed by atoms with Crippen LogP contribution in [0.25, 0.3) is 5.76 Å². The second kappa shape index (κ2) is 9.50. The van der Waals surface area contributed by atoms with Crippen molar-refractivity contribution >= 4 is 17.4 Å². The van der Waals surface area contributed by atoms with E-state index in [0.717, 1.165) is 25.9 Å². The van der Waals surface area contributed by atoms with Crippen molar-refractivity contribution in [3.05, 3.63) is 53.1 Å². The Labute approximate surface area is 203 Å². The van der Waals surface area contributed by atoms with Gasteiger partial charge in [0.1, 0.15) is 5.76 Å². The molecule has 0 spiro atoms. The summed E-state index contributed by atoms with van der Waals surface area (Å²) in [6.45, 7) is 3.09. The van der Waals surface area contributed by atoms with Gasteiger partial charge in [-0.2, -0.15) is 0 Å². The minimum Gasteiger partial charge on any atom is -0.507 e. The lowest BCUT2D eigenvalue weighted by Crippen LogP contribution is -2.37. The number of ketones is 1. The fourth-order valence-corrected chi connectivity index (χ4v) is 4.93. The molecule has 0 unspecified atom stereocenters. The second-order valence-corrected chi connectivity index (χ2v) is 8.72. The lowest BCUT2D eigenvalue weighted by Gasteiger charge is -2.27. The van der Waals surface area contributed by atoms with Gasteiger partial charge >= 0.3 is 0 Å². The van der Waals surface area contributed by atoms with E-state index in [0.29, 0.717) is 47.2 Å². The molecule has 0 aromatic heterocycles. The SMILES string of the molecule is COc1ccc(C(O)=C2C(=O)C(=O)N(CCN3CCCC3)[C@H]2c2ccc3c(c2)OCO3)cc1OC. The van der Waals surface area contributed by atoms with Crippen LogP contribution in [0.2, 0.25) is 0 Å². The van der Waals surface area contributed by atoms with Crippen LogP contribution < -0.4 is 18.9 Å². The minimum absolute atomic E-state index is 0.0301. The van der Waals surface area contributed by atoms with Crippen molar-refractivity contribution in [1.82, 2.24) is 9.80 Å². The first-order valence-electron chi connectivity index (χ1n) is 11.6. The van der Waals surface area contributed by atoms with Gasteiger partial charge in [0.05, 0.1) is 25.8 Å². The lowest BCUT2D eigenvalue weighted by atomic mass is 9.95. The van der Waals surface area contributed by atoms with Crippen LogP contribution in [0.15, 0.2) is 42.0 Å². The molecule has 9 nitrogen and oxygen atoms in total. The number of carbonyl (C=O) groups excluding carboxylic acids is 2. The molecule has 0 bridgehead atoms. The summed E-state index contributed by atoms with van der Waals surface area (Å²) >= 11 is 0.